The lowest BCUT2D eigenvalue weighted by Crippen LogP contribution is -2.48. The highest BCUT2D eigenvalue weighted by Gasteiger charge is 2.42. The Morgan fingerprint density at radius 1 is 0.838 bits per heavy atom. The molecule has 3 amide bonds. The van der Waals surface area contributed by atoms with Crippen molar-refractivity contribution in [2.24, 2.45) is 0 Å². The first-order chi connectivity index (χ1) is 17.9. The number of imide groups is 1. The van der Waals surface area contributed by atoms with Gasteiger partial charge in [-0.15, -0.1) is 0 Å². The molecule has 3 aromatic carbocycles. The number of benzene rings is 3. The Morgan fingerprint density at radius 3 is 2.00 bits per heavy atom. The smallest absolute Gasteiger partial charge is 0.262 e. The highest BCUT2D eigenvalue weighted by molar-refractivity contribution is 7.89. The van der Waals surface area contributed by atoms with Gasteiger partial charge in [-0.2, -0.15) is 4.31 Å². The molecule has 1 atom stereocenters. The highest BCUT2D eigenvalue weighted by Crippen LogP contribution is 2.27. The molecule has 1 fully saturated rings. The molecule has 37 heavy (non-hydrogen) atoms. The number of carbonyl (C=O) groups excluding carboxylic acids is 3. The molecule has 3 aromatic rings. The molecule has 0 aromatic heterocycles. The number of amides is 3. The Hall–Kier alpha value is -3.86. The van der Waals surface area contributed by atoms with Gasteiger partial charge < -0.3 is 10.1 Å². The van der Waals surface area contributed by atoms with Gasteiger partial charge in [-0.1, -0.05) is 42.5 Å². The molecule has 9 nitrogen and oxygen atoms in total. The summed E-state index contributed by atoms with van der Waals surface area (Å²) in [6.45, 7) is 1.24. The van der Waals surface area contributed by atoms with Crippen LogP contribution in [0.1, 0.15) is 26.3 Å². The fourth-order valence-electron chi connectivity index (χ4n) is 4.50. The lowest BCUT2D eigenvalue weighted by Gasteiger charge is -2.26. The van der Waals surface area contributed by atoms with E-state index >= 15 is 0 Å². The van der Waals surface area contributed by atoms with Crippen molar-refractivity contribution >= 4 is 33.4 Å². The van der Waals surface area contributed by atoms with Crippen LogP contribution in [-0.2, 0) is 26.0 Å². The SMILES string of the molecule is O=C(Nc1ccc(S(=O)(=O)N2CCOCC2)cc1)[C@H](Cc1ccccc1)N1C(=O)c2ccccc2C1=O. The molecule has 190 valence electrons. The van der Waals surface area contributed by atoms with E-state index in [1.807, 2.05) is 30.3 Å². The number of fused-ring (bicyclic) bond motifs is 1. The summed E-state index contributed by atoms with van der Waals surface area (Å²) >= 11 is 0. The summed E-state index contributed by atoms with van der Waals surface area (Å²) in [5.74, 6) is -1.60. The molecule has 2 heterocycles. The molecule has 0 unspecified atom stereocenters. The van der Waals surface area contributed by atoms with E-state index in [1.165, 1.54) is 28.6 Å². The largest absolute Gasteiger partial charge is 0.379 e. The minimum Gasteiger partial charge on any atom is -0.379 e. The van der Waals surface area contributed by atoms with Crippen LogP contribution in [-0.4, -0.2) is 67.7 Å². The van der Waals surface area contributed by atoms with Gasteiger partial charge in [0.15, 0.2) is 0 Å². The van der Waals surface area contributed by atoms with Crippen LogP contribution in [0.15, 0.2) is 83.8 Å². The van der Waals surface area contributed by atoms with Crippen LogP contribution in [0.5, 0.6) is 0 Å². The molecule has 2 aliphatic heterocycles. The average molecular weight is 520 g/mol. The molecule has 2 aliphatic rings. The zero-order valence-corrected chi connectivity index (χ0v) is 20.7. The molecule has 0 saturated carbocycles. The van der Waals surface area contributed by atoms with Gasteiger partial charge in [0.2, 0.25) is 15.9 Å². The Kier molecular flexibility index (Phi) is 6.88. The summed E-state index contributed by atoms with van der Waals surface area (Å²) in [5, 5.41) is 2.75. The van der Waals surface area contributed by atoms with Crippen LogP contribution in [0, 0.1) is 0 Å². The van der Waals surface area contributed by atoms with Crippen molar-refractivity contribution in [3.8, 4) is 0 Å². The summed E-state index contributed by atoms with van der Waals surface area (Å²) in [4.78, 5) is 40.9. The molecule has 1 saturated heterocycles. The van der Waals surface area contributed by atoms with Crippen molar-refractivity contribution in [3.05, 3.63) is 95.6 Å². The molecule has 0 radical (unpaired) electrons. The number of carbonyl (C=O) groups is 3. The number of ether oxygens (including phenoxy) is 1. The summed E-state index contributed by atoms with van der Waals surface area (Å²) in [7, 11) is -3.68. The Bertz CT molecular complexity index is 1400. The first-order valence-electron chi connectivity index (χ1n) is 11.9. The highest BCUT2D eigenvalue weighted by atomic mass is 32.2. The standard InChI is InChI=1S/C27H25N3O6S/c31-25(28-20-10-12-21(13-11-20)37(34,35)29-14-16-36-17-15-29)24(18-19-6-2-1-3-7-19)30-26(32)22-8-4-5-9-23(22)27(30)33/h1-13,24H,14-18H2,(H,28,31)/t24-/m0/s1. The molecular weight excluding hydrogens is 494 g/mol. The molecule has 1 N–H and O–H groups in total. The maximum absolute atomic E-state index is 13.5. The molecular formula is C27H25N3O6S. The van der Waals surface area contributed by atoms with Crippen molar-refractivity contribution in [2.75, 3.05) is 31.6 Å². The molecule has 5 rings (SSSR count). The van der Waals surface area contributed by atoms with Gasteiger partial charge in [-0.3, -0.25) is 19.3 Å². The number of anilines is 1. The molecule has 0 spiro atoms. The number of hydrogen-bond donors (Lipinski definition) is 1. The Labute approximate surface area is 214 Å². The van der Waals surface area contributed by atoms with Crippen molar-refractivity contribution in [1.29, 1.82) is 0 Å². The fourth-order valence-corrected chi connectivity index (χ4v) is 5.91. The second-order valence-corrected chi connectivity index (χ2v) is 10.7. The maximum Gasteiger partial charge on any atom is 0.262 e. The molecule has 0 bridgehead atoms. The van der Waals surface area contributed by atoms with E-state index < -0.39 is 33.8 Å². The first kappa shape index (κ1) is 24.8. The first-order valence-corrected chi connectivity index (χ1v) is 13.3. The van der Waals surface area contributed by atoms with Crippen molar-refractivity contribution in [1.82, 2.24) is 9.21 Å². The predicted octanol–water partition coefficient (Wildman–Crippen LogP) is 2.55. The molecule has 10 heteroatoms. The van der Waals surface area contributed by atoms with Crippen LogP contribution in [0.2, 0.25) is 0 Å². The van der Waals surface area contributed by atoms with Gasteiger partial charge in [0.05, 0.1) is 29.2 Å². The Balaban J connectivity index is 1.39. The fraction of sp³-hybridized carbons (Fsp3) is 0.222. The summed E-state index contributed by atoms with van der Waals surface area (Å²) < 4.78 is 32.4. The zero-order valence-electron chi connectivity index (χ0n) is 19.9. The third-order valence-corrected chi connectivity index (χ3v) is 8.35. The van der Waals surface area contributed by atoms with Gasteiger partial charge in [-0.05, 0) is 42.0 Å². The van der Waals surface area contributed by atoms with Crippen LogP contribution < -0.4 is 5.32 Å². The second-order valence-electron chi connectivity index (χ2n) is 8.76. The van der Waals surface area contributed by atoms with Gasteiger partial charge in [-0.25, -0.2) is 8.42 Å². The minimum absolute atomic E-state index is 0.105. The lowest BCUT2D eigenvalue weighted by molar-refractivity contribution is -0.119. The van der Waals surface area contributed by atoms with E-state index in [2.05, 4.69) is 5.32 Å². The van der Waals surface area contributed by atoms with E-state index in [0.717, 1.165) is 10.5 Å². The van der Waals surface area contributed by atoms with E-state index in [0.29, 0.717) is 18.9 Å². The van der Waals surface area contributed by atoms with Gasteiger partial charge in [0.25, 0.3) is 11.8 Å². The van der Waals surface area contributed by atoms with E-state index in [4.69, 9.17) is 4.74 Å². The predicted molar refractivity (Wildman–Crippen MR) is 136 cm³/mol. The summed E-state index contributed by atoms with van der Waals surface area (Å²) in [5.41, 5.74) is 1.65. The number of nitrogens with zero attached hydrogens (tertiary/aromatic N) is 2. The second kappa shape index (κ2) is 10.3. The van der Waals surface area contributed by atoms with E-state index in [1.54, 1.807) is 24.3 Å². The summed E-state index contributed by atoms with van der Waals surface area (Å²) in [6.07, 6.45) is 0.127. The van der Waals surface area contributed by atoms with Crippen molar-refractivity contribution in [2.45, 2.75) is 17.4 Å². The Morgan fingerprint density at radius 2 is 1.41 bits per heavy atom. The average Bonchev–Trinajstić information content (AvgIpc) is 3.18. The van der Waals surface area contributed by atoms with Crippen LogP contribution >= 0.6 is 0 Å². The normalized spacial score (nSPS) is 16.9. The van der Waals surface area contributed by atoms with Crippen molar-refractivity contribution in [3.63, 3.8) is 0 Å². The minimum atomic E-state index is -3.68. The topological polar surface area (TPSA) is 113 Å². The van der Waals surface area contributed by atoms with Crippen LogP contribution in [0.25, 0.3) is 0 Å². The zero-order chi connectivity index (χ0) is 26.0. The number of nitrogens with one attached hydrogen (secondary N) is 1. The van der Waals surface area contributed by atoms with Crippen LogP contribution in [0.4, 0.5) is 5.69 Å². The third kappa shape index (κ3) is 4.91. The van der Waals surface area contributed by atoms with Crippen LogP contribution in [0.3, 0.4) is 0 Å². The third-order valence-electron chi connectivity index (χ3n) is 6.44. The van der Waals surface area contributed by atoms with Gasteiger partial charge in [0.1, 0.15) is 6.04 Å². The lowest BCUT2D eigenvalue weighted by atomic mass is 10.0. The summed E-state index contributed by atoms with van der Waals surface area (Å²) in [6, 6.07) is 20.3. The maximum atomic E-state index is 13.5. The molecule has 0 aliphatic carbocycles. The monoisotopic (exact) mass is 519 g/mol. The number of rotatable bonds is 7. The van der Waals surface area contributed by atoms with Crippen molar-refractivity contribution < 1.29 is 27.5 Å². The van der Waals surface area contributed by atoms with Gasteiger partial charge in [0, 0.05) is 25.2 Å². The number of morpholine rings is 1. The number of hydrogen-bond acceptors (Lipinski definition) is 6. The van der Waals surface area contributed by atoms with E-state index in [-0.39, 0.29) is 35.5 Å². The quantitative estimate of drug-likeness (QED) is 0.480. The number of sulfonamides is 1. The van der Waals surface area contributed by atoms with Gasteiger partial charge >= 0.3 is 0 Å². The van der Waals surface area contributed by atoms with E-state index in [9.17, 15) is 22.8 Å².